The maximum atomic E-state index is 5.94. The van der Waals surface area contributed by atoms with E-state index >= 15 is 0 Å². The minimum atomic E-state index is 0.655. The number of benzene rings is 1. The maximum absolute atomic E-state index is 5.94. The van der Waals surface area contributed by atoms with Crippen LogP contribution in [0.1, 0.15) is 32.0 Å². The highest BCUT2D eigenvalue weighted by molar-refractivity contribution is 7.98. The van der Waals surface area contributed by atoms with Gasteiger partial charge in [0.05, 0.1) is 5.75 Å². The van der Waals surface area contributed by atoms with E-state index in [2.05, 4.69) is 24.0 Å². The van der Waals surface area contributed by atoms with Crippen molar-refractivity contribution in [2.75, 3.05) is 0 Å². The van der Waals surface area contributed by atoms with Crippen molar-refractivity contribution < 1.29 is 4.52 Å². The quantitative estimate of drug-likeness (QED) is 0.730. The van der Waals surface area contributed by atoms with E-state index in [0.29, 0.717) is 17.6 Å². The Bertz CT molecular complexity index is 528. The van der Waals surface area contributed by atoms with Crippen LogP contribution in [0.2, 0.25) is 5.02 Å². The van der Waals surface area contributed by atoms with Gasteiger partial charge in [-0.2, -0.15) is 4.98 Å². The summed E-state index contributed by atoms with van der Waals surface area (Å²) >= 11 is 7.58. The third-order valence-electron chi connectivity index (χ3n) is 2.61. The summed E-state index contributed by atoms with van der Waals surface area (Å²) in [6, 6.07) is 7.75. The number of hydrogen-bond donors (Lipinski definition) is 0. The van der Waals surface area contributed by atoms with Gasteiger partial charge in [0, 0.05) is 16.3 Å². The summed E-state index contributed by atoms with van der Waals surface area (Å²) in [4.78, 5) is 5.49. The Hall–Kier alpha value is -1.00. The maximum Gasteiger partial charge on any atom is 0.237 e. The Morgan fingerprint density at radius 3 is 2.95 bits per heavy atom. The number of aromatic nitrogens is 2. The van der Waals surface area contributed by atoms with E-state index < -0.39 is 0 Å². The van der Waals surface area contributed by atoms with Crippen LogP contribution in [0.4, 0.5) is 0 Å². The number of thioether (sulfide) groups is 1. The zero-order chi connectivity index (χ0) is 13.7. The van der Waals surface area contributed by atoms with Crippen LogP contribution < -0.4 is 0 Å². The lowest BCUT2D eigenvalue weighted by Gasteiger charge is -1.99. The average Bonchev–Trinajstić information content (AvgIpc) is 2.82. The number of aryl methyl sites for hydroxylation is 1. The van der Waals surface area contributed by atoms with Gasteiger partial charge in [0.15, 0.2) is 5.82 Å². The Morgan fingerprint density at radius 2 is 2.21 bits per heavy atom. The fourth-order valence-electron chi connectivity index (χ4n) is 1.57. The highest BCUT2D eigenvalue weighted by Crippen LogP contribution is 2.24. The Morgan fingerprint density at radius 1 is 1.37 bits per heavy atom. The van der Waals surface area contributed by atoms with Gasteiger partial charge in [0.25, 0.3) is 0 Å². The topological polar surface area (TPSA) is 38.9 Å². The predicted octanol–water partition coefficient (Wildman–Crippen LogP) is 4.60. The molecule has 0 aliphatic heterocycles. The molecule has 0 fully saturated rings. The van der Waals surface area contributed by atoms with Gasteiger partial charge in [0.2, 0.25) is 5.89 Å². The molecule has 5 heteroatoms. The molecule has 0 saturated carbocycles. The van der Waals surface area contributed by atoms with Crippen molar-refractivity contribution in [3.05, 3.63) is 41.0 Å². The van der Waals surface area contributed by atoms with Crippen molar-refractivity contribution in [2.24, 2.45) is 5.92 Å². The van der Waals surface area contributed by atoms with E-state index in [9.17, 15) is 0 Å². The number of rotatable bonds is 6. The van der Waals surface area contributed by atoms with E-state index in [1.54, 1.807) is 11.8 Å². The van der Waals surface area contributed by atoms with Crippen molar-refractivity contribution in [1.29, 1.82) is 0 Å². The first-order valence-corrected chi connectivity index (χ1v) is 7.69. The first-order chi connectivity index (χ1) is 9.13. The first-order valence-electron chi connectivity index (χ1n) is 6.33. The van der Waals surface area contributed by atoms with E-state index in [-0.39, 0.29) is 0 Å². The second-order valence-electron chi connectivity index (χ2n) is 4.78. The second-order valence-corrected chi connectivity index (χ2v) is 6.27. The lowest BCUT2D eigenvalue weighted by atomic mass is 10.1. The molecule has 0 aliphatic rings. The molecule has 102 valence electrons. The molecule has 0 unspecified atom stereocenters. The molecule has 0 atom stereocenters. The normalized spacial score (nSPS) is 11.2. The van der Waals surface area contributed by atoms with Gasteiger partial charge in [-0.15, -0.1) is 11.8 Å². The zero-order valence-electron chi connectivity index (χ0n) is 11.1. The minimum absolute atomic E-state index is 0.655. The molecule has 2 aromatic rings. The van der Waals surface area contributed by atoms with Gasteiger partial charge in [-0.3, -0.25) is 0 Å². The number of nitrogens with zero attached hydrogens (tertiary/aromatic N) is 2. The summed E-state index contributed by atoms with van der Waals surface area (Å²) in [6.45, 7) is 4.38. The van der Waals surface area contributed by atoms with Gasteiger partial charge in [-0.25, -0.2) is 0 Å². The molecule has 3 nitrogen and oxygen atoms in total. The molecule has 0 spiro atoms. The van der Waals surface area contributed by atoms with Gasteiger partial charge >= 0.3 is 0 Å². The largest absolute Gasteiger partial charge is 0.338 e. The minimum Gasteiger partial charge on any atom is -0.338 e. The third-order valence-corrected chi connectivity index (χ3v) is 3.83. The van der Waals surface area contributed by atoms with E-state index in [0.717, 1.165) is 28.6 Å². The first kappa shape index (κ1) is 14.4. The molecule has 2 rings (SSSR count). The average molecular weight is 297 g/mol. The summed E-state index contributed by atoms with van der Waals surface area (Å²) in [5.74, 6) is 2.80. The molecule has 0 N–H and O–H groups in total. The zero-order valence-corrected chi connectivity index (χ0v) is 12.7. The van der Waals surface area contributed by atoms with Crippen molar-refractivity contribution in [2.45, 2.75) is 37.3 Å². The van der Waals surface area contributed by atoms with Gasteiger partial charge in [-0.05, 0) is 30.5 Å². The van der Waals surface area contributed by atoms with Crippen LogP contribution in [-0.2, 0) is 12.2 Å². The van der Waals surface area contributed by atoms with Crippen LogP contribution in [0.5, 0.6) is 0 Å². The SMILES string of the molecule is CC(C)CCc1noc(CSc2cccc(Cl)c2)n1. The highest BCUT2D eigenvalue weighted by Gasteiger charge is 2.07. The lowest BCUT2D eigenvalue weighted by molar-refractivity contribution is 0.383. The monoisotopic (exact) mass is 296 g/mol. The van der Waals surface area contributed by atoms with Crippen molar-refractivity contribution in [3.8, 4) is 0 Å². The Labute approximate surface area is 122 Å². The van der Waals surface area contributed by atoms with Crippen molar-refractivity contribution in [1.82, 2.24) is 10.1 Å². The summed E-state index contributed by atoms with van der Waals surface area (Å²) < 4.78 is 5.23. The molecule has 0 radical (unpaired) electrons. The predicted molar refractivity (Wildman–Crippen MR) is 78.5 cm³/mol. The van der Waals surface area contributed by atoms with E-state index in [1.807, 2.05) is 24.3 Å². The molecule has 0 saturated heterocycles. The number of hydrogen-bond acceptors (Lipinski definition) is 4. The highest BCUT2D eigenvalue weighted by atomic mass is 35.5. The van der Waals surface area contributed by atoms with Gasteiger partial charge < -0.3 is 4.52 Å². The molecule has 1 aromatic heterocycles. The molecule has 0 amide bonds. The molecular formula is C14H17ClN2OS. The molecule has 0 aliphatic carbocycles. The Balaban J connectivity index is 1.86. The van der Waals surface area contributed by atoms with Crippen LogP contribution in [-0.4, -0.2) is 10.1 Å². The van der Waals surface area contributed by atoms with Gasteiger partial charge in [0.1, 0.15) is 0 Å². The Kier molecular flexibility index (Phi) is 5.28. The summed E-state index contributed by atoms with van der Waals surface area (Å²) in [6.07, 6.45) is 1.96. The standard InChI is InChI=1S/C14H17ClN2OS/c1-10(2)6-7-13-16-14(18-17-13)9-19-12-5-3-4-11(15)8-12/h3-5,8,10H,6-7,9H2,1-2H3. The van der Waals surface area contributed by atoms with Crippen LogP contribution >= 0.6 is 23.4 Å². The number of halogens is 1. The molecule has 0 bridgehead atoms. The smallest absolute Gasteiger partial charge is 0.237 e. The molecule has 1 aromatic carbocycles. The third kappa shape index (κ3) is 4.88. The summed E-state index contributed by atoms with van der Waals surface area (Å²) in [5.41, 5.74) is 0. The van der Waals surface area contributed by atoms with Crippen LogP contribution in [0.15, 0.2) is 33.7 Å². The van der Waals surface area contributed by atoms with E-state index in [4.69, 9.17) is 16.1 Å². The lowest BCUT2D eigenvalue weighted by Crippen LogP contribution is -1.94. The fourth-order valence-corrected chi connectivity index (χ4v) is 2.62. The van der Waals surface area contributed by atoms with Crippen LogP contribution in [0.25, 0.3) is 0 Å². The fraction of sp³-hybridized carbons (Fsp3) is 0.429. The van der Waals surface area contributed by atoms with Crippen LogP contribution in [0.3, 0.4) is 0 Å². The molecule has 1 heterocycles. The molecule has 19 heavy (non-hydrogen) atoms. The van der Waals surface area contributed by atoms with Crippen molar-refractivity contribution >= 4 is 23.4 Å². The molecular weight excluding hydrogens is 280 g/mol. The van der Waals surface area contributed by atoms with Crippen molar-refractivity contribution in [3.63, 3.8) is 0 Å². The van der Waals surface area contributed by atoms with Gasteiger partial charge in [-0.1, -0.05) is 36.7 Å². The van der Waals surface area contributed by atoms with Crippen LogP contribution in [0, 0.1) is 5.92 Å². The summed E-state index contributed by atoms with van der Waals surface area (Å²) in [5, 5.41) is 4.74. The second kappa shape index (κ2) is 6.96. The summed E-state index contributed by atoms with van der Waals surface area (Å²) in [7, 11) is 0. The van der Waals surface area contributed by atoms with E-state index in [1.165, 1.54) is 0 Å².